The first-order valence-electron chi connectivity index (χ1n) is 3.53. The third kappa shape index (κ3) is 53.0. The molecular formula is C10H24OS. The van der Waals surface area contributed by atoms with Crippen LogP contribution in [0.15, 0.2) is 0 Å². The van der Waals surface area contributed by atoms with E-state index < -0.39 is 0 Å². The van der Waals surface area contributed by atoms with Gasteiger partial charge in [0.2, 0.25) is 0 Å². The zero-order valence-electron chi connectivity index (χ0n) is 7.23. The summed E-state index contributed by atoms with van der Waals surface area (Å²) in [5, 5.41) is 0. The average molecular weight is 192 g/mol. The number of carbonyl (C=O) groups is 1. The van der Waals surface area contributed by atoms with Gasteiger partial charge < -0.3 is 4.79 Å². The molecule has 0 unspecified atom stereocenters. The molecule has 0 saturated carbocycles. The number of rotatable bonds is 2. The molecule has 0 atom stereocenters. The van der Waals surface area contributed by atoms with Crippen LogP contribution in [0, 0.1) is 0 Å². The van der Waals surface area contributed by atoms with Gasteiger partial charge in [-0.2, -0.15) is 0 Å². The minimum absolute atomic E-state index is 0. The van der Waals surface area contributed by atoms with Crippen molar-refractivity contribution in [3.63, 3.8) is 0 Å². The molecule has 0 amide bonds. The van der Waals surface area contributed by atoms with Gasteiger partial charge in [-0.25, -0.2) is 0 Å². The van der Waals surface area contributed by atoms with Gasteiger partial charge >= 0.3 is 0 Å². The Bertz CT molecular complexity index is 94.4. The molecule has 0 N–H and O–H groups in total. The molecule has 0 spiro atoms. The Morgan fingerprint density at radius 2 is 1.25 bits per heavy atom. The largest absolute Gasteiger partial charge is 0.300 e. The third-order valence-electron chi connectivity index (χ3n) is 0.996. The number of ketones is 1. The molecule has 1 nitrogen and oxygen atoms in total. The second kappa shape index (κ2) is 17.0. The van der Waals surface area contributed by atoms with Gasteiger partial charge in [-0.1, -0.05) is 40.9 Å². The maximum absolute atomic E-state index is 9.81. The van der Waals surface area contributed by atoms with E-state index >= 15 is 0 Å². The van der Waals surface area contributed by atoms with Crippen LogP contribution in [0.25, 0.3) is 0 Å². The lowest BCUT2D eigenvalue weighted by molar-refractivity contribution is -0.116. The van der Waals surface area contributed by atoms with Crippen molar-refractivity contribution in [2.45, 2.75) is 55.4 Å². The topological polar surface area (TPSA) is 17.1 Å². The molecule has 0 heterocycles. The molecule has 0 saturated heterocycles. The highest BCUT2D eigenvalue weighted by Crippen LogP contribution is 1.77. The van der Waals surface area contributed by atoms with Crippen molar-refractivity contribution < 1.29 is 4.79 Å². The van der Waals surface area contributed by atoms with Gasteiger partial charge in [0.1, 0.15) is 5.78 Å². The Balaban J connectivity index is -0.0000000457. The average Bonchev–Trinajstić information content (AvgIpc) is 1.89. The van der Waals surface area contributed by atoms with Crippen LogP contribution < -0.4 is 0 Å². The summed E-state index contributed by atoms with van der Waals surface area (Å²) in [4.78, 5) is 10.9. The Kier molecular flexibility index (Phi) is 32.1. The van der Waals surface area contributed by atoms with E-state index in [4.69, 9.17) is 12.2 Å². The Labute approximate surface area is 83.6 Å². The maximum atomic E-state index is 9.81. The molecule has 0 aromatic rings. The van der Waals surface area contributed by atoms with Gasteiger partial charge in [0.25, 0.3) is 0 Å². The number of carbonyl (C=O) groups excluding carboxylic acids is 1. The van der Waals surface area contributed by atoms with Gasteiger partial charge in [0.15, 0.2) is 0 Å². The highest BCUT2D eigenvalue weighted by atomic mass is 32.1. The molecule has 2 heteroatoms. The molecule has 76 valence electrons. The maximum Gasteiger partial charge on any atom is 0.129 e. The summed E-state index contributed by atoms with van der Waals surface area (Å²) in [6, 6.07) is 0. The van der Waals surface area contributed by atoms with Crippen LogP contribution in [0.2, 0.25) is 0 Å². The van der Waals surface area contributed by atoms with Gasteiger partial charge in [0, 0.05) is 6.42 Å². The van der Waals surface area contributed by atoms with Crippen molar-refractivity contribution >= 4 is 22.9 Å². The molecule has 0 aliphatic rings. The van der Waals surface area contributed by atoms with E-state index in [1.807, 2.05) is 13.8 Å². The first-order chi connectivity index (χ1) is 4.54. The fourth-order valence-corrected chi connectivity index (χ4v) is 0. The molecule has 0 radical (unpaired) electrons. The molecule has 0 aromatic heterocycles. The van der Waals surface area contributed by atoms with E-state index in [9.17, 15) is 4.79 Å². The predicted molar refractivity (Wildman–Crippen MR) is 63.0 cm³/mol. The van der Waals surface area contributed by atoms with Crippen molar-refractivity contribution in [1.29, 1.82) is 0 Å². The van der Waals surface area contributed by atoms with E-state index in [1.165, 1.54) is 0 Å². The van der Waals surface area contributed by atoms with Gasteiger partial charge in [0.05, 0.1) is 0 Å². The van der Waals surface area contributed by atoms with Crippen LogP contribution in [0.3, 0.4) is 0 Å². The van der Waals surface area contributed by atoms with E-state index in [0.717, 1.165) is 11.3 Å². The fourth-order valence-electron chi connectivity index (χ4n) is 0. The standard InChI is InChI=1S/C4H8O.C4H8S.2CH4/c2*1-3-4(2)5;;/h2*3H2,1-2H3;2*1H4. The van der Waals surface area contributed by atoms with Crippen molar-refractivity contribution in [2.24, 2.45) is 0 Å². The summed E-state index contributed by atoms with van der Waals surface area (Å²) in [5.41, 5.74) is 0. The summed E-state index contributed by atoms with van der Waals surface area (Å²) < 4.78 is 0. The first-order valence-corrected chi connectivity index (χ1v) is 3.94. The van der Waals surface area contributed by atoms with E-state index in [-0.39, 0.29) is 20.6 Å². The van der Waals surface area contributed by atoms with Crippen molar-refractivity contribution in [3.8, 4) is 0 Å². The summed E-state index contributed by atoms with van der Waals surface area (Å²) in [5.74, 6) is 0.255. The highest BCUT2D eigenvalue weighted by molar-refractivity contribution is 7.80. The zero-order valence-corrected chi connectivity index (χ0v) is 8.05. The van der Waals surface area contributed by atoms with E-state index in [1.54, 1.807) is 6.92 Å². The number of hydrogen-bond donors (Lipinski definition) is 0. The number of hydrogen-bond acceptors (Lipinski definition) is 2. The Hall–Kier alpha value is -0.240. The van der Waals surface area contributed by atoms with Gasteiger partial charge in [-0.05, 0) is 25.1 Å². The van der Waals surface area contributed by atoms with Crippen molar-refractivity contribution in [3.05, 3.63) is 0 Å². The molecule has 12 heavy (non-hydrogen) atoms. The highest BCUT2D eigenvalue weighted by Gasteiger charge is 1.76. The molecule has 0 aromatic carbocycles. The van der Waals surface area contributed by atoms with Crippen LogP contribution in [0.5, 0.6) is 0 Å². The summed E-state index contributed by atoms with van der Waals surface area (Å²) >= 11 is 4.70. The number of thiocarbonyl (C=S) groups is 1. The van der Waals surface area contributed by atoms with Crippen molar-refractivity contribution in [2.75, 3.05) is 0 Å². The normalized spacial score (nSPS) is 6.33. The lowest BCUT2D eigenvalue weighted by Crippen LogP contribution is -1.80. The molecule has 0 aliphatic heterocycles. The van der Waals surface area contributed by atoms with E-state index in [0.29, 0.717) is 6.42 Å². The van der Waals surface area contributed by atoms with Gasteiger partial charge in [-0.15, -0.1) is 0 Å². The minimum atomic E-state index is 0. The predicted octanol–water partition coefficient (Wildman–Crippen LogP) is 4.04. The van der Waals surface area contributed by atoms with Crippen LogP contribution >= 0.6 is 12.2 Å². The minimum Gasteiger partial charge on any atom is -0.300 e. The van der Waals surface area contributed by atoms with Gasteiger partial charge in [-0.3, -0.25) is 0 Å². The quantitative estimate of drug-likeness (QED) is 0.614. The zero-order chi connectivity index (χ0) is 8.57. The second-order valence-corrected chi connectivity index (χ2v) is 2.81. The third-order valence-corrected chi connectivity index (χ3v) is 1.28. The molecule has 0 aliphatic carbocycles. The SMILES string of the molecule is C.C.CCC(C)=O.CCC(C)=S. The Morgan fingerprint density at radius 3 is 1.25 bits per heavy atom. The second-order valence-electron chi connectivity index (χ2n) is 2.11. The van der Waals surface area contributed by atoms with Crippen LogP contribution in [-0.4, -0.2) is 10.6 Å². The number of Topliss-reactive ketones (excluding diaryl/α,β-unsaturated/α-hetero) is 1. The molecule has 0 bridgehead atoms. The Morgan fingerprint density at radius 1 is 1.08 bits per heavy atom. The summed E-state index contributed by atoms with van der Waals surface area (Å²) in [6.07, 6.45) is 1.70. The monoisotopic (exact) mass is 192 g/mol. The van der Waals surface area contributed by atoms with Crippen LogP contribution in [-0.2, 0) is 4.79 Å². The lowest BCUT2D eigenvalue weighted by atomic mass is 10.4. The first kappa shape index (κ1) is 22.6. The smallest absolute Gasteiger partial charge is 0.129 e. The molecular weight excluding hydrogens is 168 g/mol. The van der Waals surface area contributed by atoms with E-state index in [2.05, 4.69) is 6.92 Å². The fraction of sp³-hybridized carbons (Fsp3) is 0.800. The summed E-state index contributed by atoms with van der Waals surface area (Å²) in [6.45, 7) is 7.44. The molecule has 0 fully saturated rings. The van der Waals surface area contributed by atoms with Crippen LogP contribution in [0.4, 0.5) is 0 Å². The van der Waals surface area contributed by atoms with Crippen LogP contribution in [0.1, 0.15) is 55.4 Å². The lowest BCUT2D eigenvalue weighted by Gasteiger charge is -1.76. The molecule has 0 rings (SSSR count). The van der Waals surface area contributed by atoms with Crippen molar-refractivity contribution in [1.82, 2.24) is 0 Å². The summed E-state index contributed by atoms with van der Waals surface area (Å²) in [7, 11) is 0.